The number of aliphatic hydroxyl groups excluding tert-OH is 1. The second-order valence-electron chi connectivity index (χ2n) is 7.87. The van der Waals surface area contributed by atoms with Crippen LogP contribution in [0, 0.1) is 0 Å². The first-order chi connectivity index (χ1) is 14.5. The number of carbonyl (C=O) groups is 1. The molecule has 2 fully saturated rings. The van der Waals surface area contributed by atoms with Crippen LogP contribution in [0.5, 0.6) is 0 Å². The largest absolute Gasteiger partial charge is 0.465 e. The molecule has 30 heavy (non-hydrogen) atoms. The number of pyridine rings is 2. The lowest BCUT2D eigenvalue weighted by molar-refractivity contribution is 0.126. The topological polar surface area (TPSA) is 102 Å². The van der Waals surface area contributed by atoms with E-state index in [1.807, 2.05) is 24.3 Å². The average molecular weight is 432 g/mol. The van der Waals surface area contributed by atoms with E-state index in [1.165, 1.54) is 4.90 Å². The quantitative estimate of drug-likeness (QED) is 0.638. The van der Waals surface area contributed by atoms with Crippen LogP contribution in [-0.2, 0) is 0 Å². The predicted molar refractivity (Wildman–Crippen MR) is 116 cm³/mol. The third-order valence-corrected chi connectivity index (χ3v) is 5.97. The number of nitrogens with zero attached hydrogens (tertiary/aromatic N) is 4. The van der Waals surface area contributed by atoms with Gasteiger partial charge in [-0.1, -0.05) is 11.6 Å². The van der Waals surface area contributed by atoms with Gasteiger partial charge in [-0.2, -0.15) is 0 Å². The monoisotopic (exact) mass is 431 g/mol. The van der Waals surface area contributed by atoms with Crippen LogP contribution >= 0.6 is 11.6 Å². The molecular formula is C21H26ClN5O3. The van der Waals surface area contributed by atoms with Crippen molar-refractivity contribution < 1.29 is 15.0 Å². The Morgan fingerprint density at radius 1 is 1.10 bits per heavy atom. The summed E-state index contributed by atoms with van der Waals surface area (Å²) in [5, 5.41) is 22.8. The molecule has 4 rings (SSSR count). The van der Waals surface area contributed by atoms with Gasteiger partial charge in [-0.3, -0.25) is 0 Å². The van der Waals surface area contributed by atoms with Gasteiger partial charge in [0.25, 0.3) is 0 Å². The molecule has 8 nitrogen and oxygen atoms in total. The Labute approximate surface area is 180 Å². The molecule has 1 amide bonds. The zero-order valence-electron chi connectivity index (χ0n) is 16.7. The van der Waals surface area contributed by atoms with Crippen molar-refractivity contribution in [3.8, 4) is 11.3 Å². The van der Waals surface area contributed by atoms with Gasteiger partial charge < -0.3 is 25.3 Å². The second-order valence-corrected chi connectivity index (χ2v) is 8.26. The molecule has 3 heterocycles. The van der Waals surface area contributed by atoms with Gasteiger partial charge >= 0.3 is 6.09 Å². The van der Waals surface area contributed by atoms with Crippen molar-refractivity contribution in [3.05, 3.63) is 35.6 Å². The first-order valence-electron chi connectivity index (χ1n) is 10.3. The highest BCUT2D eigenvalue weighted by Crippen LogP contribution is 2.29. The summed E-state index contributed by atoms with van der Waals surface area (Å²) < 4.78 is 0. The molecule has 1 saturated heterocycles. The molecule has 0 aromatic carbocycles. The number of piperazine rings is 1. The lowest BCUT2D eigenvalue weighted by Gasteiger charge is -2.33. The van der Waals surface area contributed by atoms with Gasteiger partial charge in [-0.15, -0.1) is 0 Å². The smallest absolute Gasteiger partial charge is 0.407 e. The number of nitrogens with one attached hydrogen (secondary N) is 1. The van der Waals surface area contributed by atoms with Crippen LogP contribution in [0.3, 0.4) is 0 Å². The fourth-order valence-corrected chi connectivity index (χ4v) is 4.27. The van der Waals surface area contributed by atoms with Crippen molar-refractivity contribution in [1.29, 1.82) is 0 Å². The van der Waals surface area contributed by atoms with E-state index in [0.29, 0.717) is 37.4 Å². The number of aliphatic hydroxyl groups is 1. The van der Waals surface area contributed by atoms with Crippen LogP contribution in [0.25, 0.3) is 11.3 Å². The van der Waals surface area contributed by atoms with Gasteiger partial charge in [0.15, 0.2) is 0 Å². The molecule has 1 aliphatic carbocycles. The molecule has 1 aliphatic heterocycles. The van der Waals surface area contributed by atoms with Crippen molar-refractivity contribution in [2.75, 3.05) is 36.4 Å². The molecule has 0 atom stereocenters. The minimum atomic E-state index is -0.882. The summed E-state index contributed by atoms with van der Waals surface area (Å²) >= 11 is 6.30. The van der Waals surface area contributed by atoms with E-state index in [2.05, 4.69) is 20.2 Å². The summed E-state index contributed by atoms with van der Waals surface area (Å²) in [5.74, 6) is 0.801. The Morgan fingerprint density at radius 3 is 2.53 bits per heavy atom. The van der Waals surface area contributed by atoms with Gasteiger partial charge in [0, 0.05) is 49.7 Å². The van der Waals surface area contributed by atoms with Gasteiger partial charge in [0.05, 0.1) is 11.8 Å². The highest BCUT2D eigenvalue weighted by Gasteiger charge is 2.22. The Kier molecular flexibility index (Phi) is 6.24. The fraction of sp³-hybridized carbons (Fsp3) is 0.476. The number of hydrogen-bond donors (Lipinski definition) is 3. The normalized spacial score (nSPS) is 22.1. The van der Waals surface area contributed by atoms with Crippen LogP contribution in [0.1, 0.15) is 25.7 Å². The van der Waals surface area contributed by atoms with Gasteiger partial charge in [0.1, 0.15) is 11.0 Å². The third-order valence-electron chi connectivity index (χ3n) is 5.78. The Morgan fingerprint density at radius 2 is 1.83 bits per heavy atom. The summed E-state index contributed by atoms with van der Waals surface area (Å²) in [6.07, 6.45) is 4.15. The SMILES string of the molecule is O=C(O)N1CCN(c2cc(-c3cc(NC4CCC(O)CC4)cc(Cl)n3)ccn2)CC1. The highest BCUT2D eigenvalue weighted by atomic mass is 35.5. The maximum absolute atomic E-state index is 11.1. The lowest BCUT2D eigenvalue weighted by Crippen LogP contribution is -2.48. The highest BCUT2D eigenvalue weighted by molar-refractivity contribution is 6.29. The molecular weight excluding hydrogens is 406 g/mol. The Bertz CT molecular complexity index is 896. The first kappa shape index (κ1) is 20.7. The number of rotatable bonds is 4. The van der Waals surface area contributed by atoms with Crippen molar-refractivity contribution in [2.45, 2.75) is 37.8 Å². The summed E-state index contributed by atoms with van der Waals surface area (Å²) in [6.45, 7) is 2.12. The van der Waals surface area contributed by atoms with E-state index in [-0.39, 0.29) is 6.10 Å². The number of carboxylic acid groups (broad SMARTS) is 1. The van der Waals surface area contributed by atoms with E-state index in [4.69, 9.17) is 16.7 Å². The molecule has 160 valence electrons. The third kappa shape index (κ3) is 4.94. The van der Waals surface area contributed by atoms with Crippen molar-refractivity contribution in [3.63, 3.8) is 0 Å². The van der Waals surface area contributed by atoms with Crippen LogP contribution in [0.15, 0.2) is 30.5 Å². The number of anilines is 2. The zero-order chi connectivity index (χ0) is 21.1. The van der Waals surface area contributed by atoms with Crippen LogP contribution in [-0.4, -0.2) is 69.5 Å². The predicted octanol–water partition coefficient (Wildman–Crippen LogP) is 3.31. The van der Waals surface area contributed by atoms with E-state index in [1.54, 1.807) is 6.20 Å². The molecule has 2 aliphatic rings. The van der Waals surface area contributed by atoms with Gasteiger partial charge in [0.2, 0.25) is 0 Å². The standard InChI is InChI=1S/C21H26ClN5O3/c22-19-13-16(24-15-1-3-17(28)4-2-15)12-18(25-19)14-5-6-23-20(11-14)26-7-9-27(10-8-26)21(29)30/h5-6,11-13,15,17,28H,1-4,7-10H2,(H,24,25)(H,29,30). The summed E-state index contributed by atoms with van der Waals surface area (Å²) in [7, 11) is 0. The van der Waals surface area contributed by atoms with Crippen LogP contribution in [0.4, 0.5) is 16.3 Å². The number of aromatic nitrogens is 2. The lowest BCUT2D eigenvalue weighted by atomic mass is 9.93. The van der Waals surface area contributed by atoms with Crippen molar-refractivity contribution >= 4 is 29.2 Å². The molecule has 2 aromatic heterocycles. The number of hydrogen-bond acceptors (Lipinski definition) is 6. The van der Waals surface area contributed by atoms with E-state index < -0.39 is 6.09 Å². The summed E-state index contributed by atoms with van der Waals surface area (Å²) in [4.78, 5) is 23.6. The first-order valence-corrected chi connectivity index (χ1v) is 10.7. The second kappa shape index (κ2) is 9.06. The fourth-order valence-electron chi connectivity index (χ4n) is 4.06. The molecule has 0 spiro atoms. The molecule has 0 unspecified atom stereocenters. The maximum atomic E-state index is 11.1. The molecule has 2 aromatic rings. The number of amides is 1. The summed E-state index contributed by atoms with van der Waals surface area (Å²) in [5.41, 5.74) is 2.58. The Balaban J connectivity index is 1.49. The molecule has 1 saturated carbocycles. The maximum Gasteiger partial charge on any atom is 0.407 e. The average Bonchev–Trinajstić information content (AvgIpc) is 2.75. The van der Waals surface area contributed by atoms with E-state index in [9.17, 15) is 9.90 Å². The molecule has 3 N–H and O–H groups in total. The van der Waals surface area contributed by atoms with E-state index in [0.717, 1.165) is 48.4 Å². The number of halogens is 1. The molecule has 0 radical (unpaired) electrons. The van der Waals surface area contributed by atoms with Gasteiger partial charge in [-0.25, -0.2) is 14.8 Å². The minimum absolute atomic E-state index is 0.188. The van der Waals surface area contributed by atoms with E-state index >= 15 is 0 Å². The van der Waals surface area contributed by atoms with Crippen molar-refractivity contribution in [1.82, 2.24) is 14.9 Å². The Hall–Kier alpha value is -2.58. The zero-order valence-corrected chi connectivity index (χ0v) is 17.4. The van der Waals surface area contributed by atoms with Gasteiger partial charge in [-0.05, 0) is 49.9 Å². The van der Waals surface area contributed by atoms with Crippen LogP contribution < -0.4 is 10.2 Å². The van der Waals surface area contributed by atoms with Crippen LogP contribution in [0.2, 0.25) is 5.15 Å². The minimum Gasteiger partial charge on any atom is -0.465 e. The summed E-state index contributed by atoms with van der Waals surface area (Å²) in [6, 6.07) is 7.99. The molecule has 9 heteroatoms. The van der Waals surface area contributed by atoms with Crippen molar-refractivity contribution in [2.24, 2.45) is 0 Å². The molecule has 0 bridgehead atoms.